The molecule has 2 aliphatic rings. The summed E-state index contributed by atoms with van der Waals surface area (Å²) < 4.78 is 1.89. The molecular formula is C25H27N7. The average Bonchev–Trinajstić information content (AvgIpc) is 3.19. The van der Waals surface area contributed by atoms with Gasteiger partial charge in [-0.25, -0.2) is 9.97 Å². The monoisotopic (exact) mass is 425 g/mol. The number of piperidine rings is 2. The van der Waals surface area contributed by atoms with Crippen molar-refractivity contribution >= 4 is 22.5 Å². The first-order chi connectivity index (χ1) is 15.6. The van der Waals surface area contributed by atoms with E-state index in [1.54, 1.807) is 0 Å². The Hall–Kier alpha value is -3.45. The zero-order valence-corrected chi connectivity index (χ0v) is 18.2. The van der Waals surface area contributed by atoms with Crippen LogP contribution in [0.5, 0.6) is 0 Å². The first kappa shape index (κ1) is 19.3. The minimum atomic E-state index is 0.665. The molecule has 2 unspecified atom stereocenters. The number of benzene rings is 2. The Balaban J connectivity index is 1.45. The molecule has 2 aromatic heterocycles. The van der Waals surface area contributed by atoms with Crippen LogP contribution in [-0.4, -0.2) is 45.9 Å². The van der Waals surface area contributed by atoms with Crippen molar-refractivity contribution in [1.29, 1.82) is 0 Å². The zero-order chi connectivity index (χ0) is 21.7. The summed E-state index contributed by atoms with van der Waals surface area (Å²) in [5.74, 6) is 2.15. The molecule has 4 heterocycles. The van der Waals surface area contributed by atoms with Gasteiger partial charge in [0, 0.05) is 48.5 Å². The number of hydrogen-bond donors (Lipinski definition) is 2. The summed E-state index contributed by atoms with van der Waals surface area (Å²) in [5.41, 5.74) is 11.9. The number of nitrogens with one attached hydrogen (secondary N) is 1. The number of hydrogen-bond acceptors (Lipinski definition) is 6. The van der Waals surface area contributed by atoms with Crippen molar-refractivity contribution in [3.05, 3.63) is 54.9 Å². The predicted molar refractivity (Wildman–Crippen MR) is 128 cm³/mol. The number of fused-ring (bicyclic) bond motifs is 3. The molecule has 0 amide bonds. The second kappa shape index (κ2) is 7.60. The van der Waals surface area contributed by atoms with E-state index in [1.165, 1.54) is 6.42 Å². The maximum absolute atomic E-state index is 5.96. The maximum atomic E-state index is 5.96. The van der Waals surface area contributed by atoms with E-state index in [0.29, 0.717) is 11.8 Å². The van der Waals surface area contributed by atoms with Crippen LogP contribution in [0.3, 0.4) is 0 Å². The van der Waals surface area contributed by atoms with Crippen molar-refractivity contribution in [3.8, 4) is 22.4 Å². The third-order valence-electron chi connectivity index (χ3n) is 6.79. The molecule has 0 aliphatic carbocycles. The summed E-state index contributed by atoms with van der Waals surface area (Å²) in [5, 5.41) is 9.05. The van der Waals surface area contributed by atoms with E-state index < -0.39 is 0 Å². The number of aromatic nitrogens is 4. The Bertz CT molecular complexity index is 1270. The van der Waals surface area contributed by atoms with Crippen LogP contribution in [0.25, 0.3) is 33.3 Å². The molecule has 2 atom stereocenters. The van der Waals surface area contributed by atoms with Crippen LogP contribution in [-0.2, 0) is 7.05 Å². The summed E-state index contributed by atoms with van der Waals surface area (Å²) in [6.45, 7) is 4.18. The molecule has 2 fully saturated rings. The second-order valence-electron chi connectivity index (χ2n) is 9.13. The third kappa shape index (κ3) is 3.39. The number of rotatable bonds is 3. The van der Waals surface area contributed by atoms with Gasteiger partial charge in [0.15, 0.2) is 0 Å². The van der Waals surface area contributed by atoms with E-state index in [2.05, 4.69) is 33.5 Å². The van der Waals surface area contributed by atoms with Crippen LogP contribution in [0, 0.1) is 11.8 Å². The smallest absolute Gasteiger partial charge is 0.225 e. The van der Waals surface area contributed by atoms with Gasteiger partial charge in [0.2, 0.25) is 5.95 Å². The summed E-state index contributed by atoms with van der Waals surface area (Å²) in [6, 6.07) is 14.4. The van der Waals surface area contributed by atoms with Gasteiger partial charge in [0.25, 0.3) is 0 Å². The molecule has 2 aliphatic heterocycles. The van der Waals surface area contributed by atoms with E-state index >= 15 is 0 Å². The number of nitrogen functional groups attached to an aromatic ring is 1. The van der Waals surface area contributed by atoms with Gasteiger partial charge >= 0.3 is 0 Å². The lowest BCUT2D eigenvalue weighted by molar-refractivity contribution is 0.248. The second-order valence-corrected chi connectivity index (χ2v) is 9.13. The van der Waals surface area contributed by atoms with Crippen LogP contribution < -0.4 is 16.0 Å². The van der Waals surface area contributed by atoms with Gasteiger partial charge in [-0.05, 0) is 61.2 Å². The molecule has 2 bridgehead atoms. The van der Waals surface area contributed by atoms with Crippen molar-refractivity contribution in [2.24, 2.45) is 18.9 Å². The highest BCUT2D eigenvalue weighted by molar-refractivity contribution is 5.88. The topological polar surface area (TPSA) is 84.9 Å². The van der Waals surface area contributed by atoms with E-state index in [4.69, 9.17) is 15.7 Å². The molecule has 0 spiro atoms. The van der Waals surface area contributed by atoms with Crippen LogP contribution in [0.4, 0.5) is 11.6 Å². The van der Waals surface area contributed by atoms with E-state index in [1.807, 2.05) is 48.4 Å². The molecule has 7 heteroatoms. The summed E-state index contributed by atoms with van der Waals surface area (Å²) in [7, 11) is 1.96. The van der Waals surface area contributed by atoms with Crippen molar-refractivity contribution in [2.45, 2.75) is 6.42 Å². The zero-order valence-electron chi connectivity index (χ0n) is 18.2. The number of nitrogens with two attached hydrogens (primary N) is 1. The summed E-state index contributed by atoms with van der Waals surface area (Å²) >= 11 is 0. The number of nitrogens with zero attached hydrogens (tertiary/aromatic N) is 5. The molecule has 162 valence electrons. The fourth-order valence-corrected chi connectivity index (χ4v) is 5.20. The SMILES string of the molecule is Cn1ncc2cc(-c3cnc(N4CC5CNCC(C5)C4)nc3-c3ccc(N)cc3)ccc21. The minimum absolute atomic E-state index is 0.665. The Kier molecular flexibility index (Phi) is 4.57. The van der Waals surface area contributed by atoms with Crippen LogP contribution in [0.2, 0.25) is 0 Å². The van der Waals surface area contributed by atoms with E-state index in [9.17, 15) is 0 Å². The Labute approximate surface area is 187 Å². The van der Waals surface area contributed by atoms with Gasteiger partial charge in [-0.1, -0.05) is 18.2 Å². The van der Waals surface area contributed by atoms with Crippen molar-refractivity contribution in [3.63, 3.8) is 0 Å². The van der Waals surface area contributed by atoms with E-state index in [0.717, 1.165) is 71.1 Å². The highest BCUT2D eigenvalue weighted by Crippen LogP contribution is 2.35. The average molecular weight is 426 g/mol. The molecule has 3 N–H and O–H groups in total. The van der Waals surface area contributed by atoms with Gasteiger partial charge in [0.05, 0.1) is 17.4 Å². The standard InChI is InChI=1S/C25H27N7/c1-31-23-7-4-19(9-20(23)12-29-31)22-13-28-25(30-24(22)18-2-5-21(26)6-3-18)32-14-16-8-17(15-32)11-27-10-16/h2-7,9,12-13,16-17,27H,8,10-11,14-15,26H2,1H3. The largest absolute Gasteiger partial charge is 0.399 e. The van der Waals surface area contributed by atoms with E-state index in [-0.39, 0.29) is 0 Å². The molecular weight excluding hydrogens is 398 g/mol. The lowest BCUT2D eigenvalue weighted by Crippen LogP contribution is -2.51. The number of anilines is 2. The number of aryl methyl sites for hydroxylation is 1. The summed E-state index contributed by atoms with van der Waals surface area (Å²) in [6.07, 6.45) is 5.18. The van der Waals surface area contributed by atoms with Crippen molar-refractivity contribution in [2.75, 3.05) is 36.8 Å². The first-order valence-corrected chi connectivity index (χ1v) is 11.2. The Morgan fingerprint density at radius 3 is 2.50 bits per heavy atom. The highest BCUT2D eigenvalue weighted by atomic mass is 15.3. The van der Waals surface area contributed by atoms with Gasteiger partial charge in [-0.3, -0.25) is 4.68 Å². The molecule has 7 nitrogen and oxygen atoms in total. The molecule has 2 saturated heterocycles. The molecule has 0 radical (unpaired) electrons. The van der Waals surface area contributed by atoms with Crippen molar-refractivity contribution in [1.82, 2.24) is 25.1 Å². The van der Waals surface area contributed by atoms with Crippen LogP contribution in [0.15, 0.2) is 54.9 Å². The predicted octanol–water partition coefficient (Wildman–Crippen LogP) is 3.33. The molecule has 32 heavy (non-hydrogen) atoms. The van der Waals surface area contributed by atoms with Gasteiger partial charge in [-0.2, -0.15) is 5.10 Å². The molecule has 0 saturated carbocycles. The van der Waals surface area contributed by atoms with Gasteiger partial charge < -0.3 is 16.0 Å². The Morgan fingerprint density at radius 2 is 1.72 bits per heavy atom. The lowest BCUT2D eigenvalue weighted by atomic mass is 9.86. The summed E-state index contributed by atoms with van der Waals surface area (Å²) in [4.78, 5) is 12.3. The minimum Gasteiger partial charge on any atom is -0.399 e. The van der Waals surface area contributed by atoms with Crippen molar-refractivity contribution < 1.29 is 0 Å². The fourth-order valence-electron chi connectivity index (χ4n) is 5.20. The Morgan fingerprint density at radius 1 is 0.969 bits per heavy atom. The molecule has 2 aromatic carbocycles. The van der Waals surface area contributed by atoms with Crippen LogP contribution in [0.1, 0.15) is 6.42 Å². The van der Waals surface area contributed by atoms with Gasteiger partial charge in [0.1, 0.15) is 0 Å². The first-order valence-electron chi connectivity index (χ1n) is 11.2. The van der Waals surface area contributed by atoms with Gasteiger partial charge in [-0.15, -0.1) is 0 Å². The maximum Gasteiger partial charge on any atom is 0.225 e. The lowest BCUT2D eigenvalue weighted by Gasteiger charge is -2.41. The normalized spacial score (nSPS) is 20.6. The molecule has 4 aromatic rings. The fraction of sp³-hybridized carbons (Fsp3) is 0.320. The molecule has 6 rings (SSSR count). The highest BCUT2D eigenvalue weighted by Gasteiger charge is 2.31. The third-order valence-corrected chi connectivity index (χ3v) is 6.79. The quantitative estimate of drug-likeness (QED) is 0.490. The van der Waals surface area contributed by atoms with Crippen LogP contribution >= 0.6 is 0 Å².